The van der Waals surface area contributed by atoms with E-state index in [1.54, 1.807) is 49.1 Å². The minimum Gasteiger partial charge on any atom is -0.497 e. The Hall–Kier alpha value is -3.22. The molecule has 0 unspecified atom stereocenters. The Morgan fingerprint density at radius 3 is 2.52 bits per heavy atom. The zero-order chi connectivity index (χ0) is 19.6. The van der Waals surface area contributed by atoms with Crippen LogP contribution in [0.5, 0.6) is 11.5 Å². The number of nitrogens with zero attached hydrogens (tertiary/aromatic N) is 1. The lowest BCUT2D eigenvalue weighted by Gasteiger charge is -2.11. The molecule has 0 radical (unpaired) electrons. The summed E-state index contributed by atoms with van der Waals surface area (Å²) < 4.78 is 22.5. The predicted molar refractivity (Wildman–Crippen MR) is 98.5 cm³/mol. The van der Waals surface area contributed by atoms with Crippen LogP contribution >= 0.6 is 0 Å². The van der Waals surface area contributed by atoms with E-state index in [0.717, 1.165) is 5.56 Å². The lowest BCUT2D eigenvalue weighted by molar-refractivity contribution is -0.118. The van der Waals surface area contributed by atoms with E-state index < -0.39 is 5.97 Å². The van der Waals surface area contributed by atoms with Crippen LogP contribution in [0.4, 0.5) is 0 Å². The number of furan rings is 1. The number of hydrogen-bond acceptors (Lipinski definition) is 6. The maximum atomic E-state index is 12.7. The van der Waals surface area contributed by atoms with Crippen molar-refractivity contribution in [3.05, 3.63) is 47.3 Å². The Morgan fingerprint density at radius 2 is 1.85 bits per heavy atom. The standard InChI is InChI=1S/C20H21NO6/c1-12-7-16-19(27-12)10-17(20(23)26-4)21(16)11-14(22)8-13-5-6-15(24-2)9-18(13)25-3/h5-7,9-10H,8,11H2,1-4H3. The third-order valence-electron chi connectivity index (χ3n) is 4.32. The molecule has 0 bridgehead atoms. The van der Waals surface area contributed by atoms with E-state index in [4.69, 9.17) is 18.6 Å². The second kappa shape index (κ2) is 7.57. The highest BCUT2D eigenvalue weighted by Gasteiger charge is 2.21. The van der Waals surface area contributed by atoms with Gasteiger partial charge >= 0.3 is 5.97 Å². The van der Waals surface area contributed by atoms with Crippen molar-refractivity contribution in [2.75, 3.05) is 21.3 Å². The van der Waals surface area contributed by atoms with E-state index in [9.17, 15) is 9.59 Å². The van der Waals surface area contributed by atoms with Crippen molar-refractivity contribution in [3.8, 4) is 11.5 Å². The number of Topliss-reactive ketones (excluding diaryl/α,β-unsaturated/α-hetero) is 1. The molecule has 0 saturated heterocycles. The van der Waals surface area contributed by atoms with E-state index in [-0.39, 0.29) is 24.4 Å². The highest BCUT2D eigenvalue weighted by Crippen LogP contribution is 2.27. The SMILES string of the molecule is COC(=O)c1cc2oc(C)cc2n1CC(=O)Cc1ccc(OC)cc1OC. The van der Waals surface area contributed by atoms with E-state index in [1.807, 2.05) is 6.92 Å². The zero-order valence-corrected chi connectivity index (χ0v) is 15.7. The van der Waals surface area contributed by atoms with Crippen molar-refractivity contribution < 1.29 is 28.2 Å². The molecule has 7 nitrogen and oxygen atoms in total. The summed E-state index contributed by atoms with van der Waals surface area (Å²) in [6, 6.07) is 8.69. The van der Waals surface area contributed by atoms with Crippen molar-refractivity contribution in [1.82, 2.24) is 4.57 Å². The quantitative estimate of drug-likeness (QED) is 0.594. The maximum Gasteiger partial charge on any atom is 0.354 e. The Morgan fingerprint density at radius 1 is 1.07 bits per heavy atom. The molecule has 0 aliphatic heterocycles. The summed E-state index contributed by atoms with van der Waals surface area (Å²) in [5.74, 6) is 1.33. The van der Waals surface area contributed by atoms with E-state index in [0.29, 0.717) is 28.4 Å². The second-order valence-electron chi connectivity index (χ2n) is 6.11. The van der Waals surface area contributed by atoms with E-state index >= 15 is 0 Å². The van der Waals surface area contributed by atoms with Gasteiger partial charge in [-0.25, -0.2) is 4.79 Å². The van der Waals surface area contributed by atoms with Gasteiger partial charge in [0.2, 0.25) is 0 Å². The Bertz CT molecular complexity index is 997. The average Bonchev–Trinajstić information content (AvgIpc) is 3.18. The summed E-state index contributed by atoms with van der Waals surface area (Å²) in [5.41, 5.74) is 2.25. The molecule has 27 heavy (non-hydrogen) atoms. The number of ether oxygens (including phenoxy) is 3. The first kappa shape index (κ1) is 18.6. The molecule has 1 aromatic carbocycles. The molecule has 3 rings (SSSR count). The molecule has 0 aliphatic carbocycles. The van der Waals surface area contributed by atoms with Gasteiger partial charge in [-0.1, -0.05) is 6.07 Å². The van der Waals surface area contributed by atoms with Crippen LogP contribution < -0.4 is 9.47 Å². The van der Waals surface area contributed by atoms with Crippen molar-refractivity contribution in [3.63, 3.8) is 0 Å². The summed E-state index contributed by atoms with van der Waals surface area (Å²) in [7, 11) is 4.41. The number of carbonyl (C=O) groups excluding carboxylic acids is 2. The van der Waals surface area contributed by atoms with Crippen LogP contribution in [0.25, 0.3) is 11.1 Å². The fourth-order valence-corrected chi connectivity index (χ4v) is 3.05. The number of ketones is 1. The molecule has 0 N–H and O–H groups in total. The summed E-state index contributed by atoms with van der Waals surface area (Å²) in [6.07, 6.45) is 0.157. The Kier molecular flexibility index (Phi) is 5.21. The van der Waals surface area contributed by atoms with Crippen molar-refractivity contribution in [2.24, 2.45) is 0 Å². The van der Waals surface area contributed by atoms with Gasteiger partial charge in [0.15, 0.2) is 11.4 Å². The van der Waals surface area contributed by atoms with Crippen LogP contribution in [0.1, 0.15) is 21.8 Å². The smallest absolute Gasteiger partial charge is 0.354 e. The van der Waals surface area contributed by atoms with Gasteiger partial charge in [0, 0.05) is 30.2 Å². The number of hydrogen-bond donors (Lipinski definition) is 0. The van der Waals surface area contributed by atoms with Crippen LogP contribution in [0, 0.1) is 6.92 Å². The maximum absolute atomic E-state index is 12.7. The number of benzene rings is 1. The molecule has 2 heterocycles. The molecule has 3 aromatic rings. The van der Waals surface area contributed by atoms with Crippen LogP contribution in [0.2, 0.25) is 0 Å². The summed E-state index contributed by atoms with van der Waals surface area (Å²) in [5, 5.41) is 0. The number of methoxy groups -OCH3 is 3. The first-order valence-corrected chi connectivity index (χ1v) is 8.37. The monoisotopic (exact) mass is 371 g/mol. The van der Waals surface area contributed by atoms with Crippen LogP contribution in [0.3, 0.4) is 0 Å². The summed E-state index contributed by atoms with van der Waals surface area (Å²) >= 11 is 0. The lowest BCUT2D eigenvalue weighted by Crippen LogP contribution is -2.17. The van der Waals surface area contributed by atoms with Crippen LogP contribution in [-0.2, 0) is 22.5 Å². The molecular weight excluding hydrogens is 350 g/mol. The molecule has 0 amide bonds. The molecule has 7 heteroatoms. The molecule has 142 valence electrons. The van der Waals surface area contributed by atoms with Gasteiger partial charge in [-0.3, -0.25) is 4.79 Å². The van der Waals surface area contributed by atoms with Gasteiger partial charge in [-0.15, -0.1) is 0 Å². The summed E-state index contributed by atoms with van der Waals surface area (Å²) in [6.45, 7) is 1.83. The molecule has 0 atom stereocenters. The topological polar surface area (TPSA) is 79.9 Å². The van der Waals surface area contributed by atoms with Gasteiger partial charge in [0.1, 0.15) is 23.0 Å². The number of aromatic nitrogens is 1. The third-order valence-corrected chi connectivity index (χ3v) is 4.32. The fraction of sp³-hybridized carbons (Fsp3) is 0.300. The molecule has 0 spiro atoms. The van der Waals surface area contributed by atoms with Gasteiger partial charge in [0.25, 0.3) is 0 Å². The zero-order valence-electron chi connectivity index (χ0n) is 15.7. The highest BCUT2D eigenvalue weighted by molar-refractivity contribution is 5.95. The number of fused-ring (bicyclic) bond motifs is 1. The molecule has 0 aliphatic rings. The third kappa shape index (κ3) is 3.67. The molecule has 2 aromatic heterocycles. The first-order valence-electron chi connectivity index (χ1n) is 8.37. The number of esters is 1. The van der Waals surface area contributed by atoms with Gasteiger partial charge in [0.05, 0.1) is 33.4 Å². The van der Waals surface area contributed by atoms with Gasteiger partial charge < -0.3 is 23.2 Å². The first-order chi connectivity index (χ1) is 13.0. The number of rotatable bonds is 7. The molecule has 0 fully saturated rings. The van der Waals surface area contributed by atoms with E-state index in [1.165, 1.54) is 7.11 Å². The van der Waals surface area contributed by atoms with Gasteiger partial charge in [-0.2, -0.15) is 0 Å². The molecule has 0 saturated carbocycles. The average molecular weight is 371 g/mol. The summed E-state index contributed by atoms with van der Waals surface area (Å²) in [4.78, 5) is 24.8. The second-order valence-corrected chi connectivity index (χ2v) is 6.11. The normalized spacial score (nSPS) is 10.8. The van der Waals surface area contributed by atoms with Crippen molar-refractivity contribution >= 4 is 22.9 Å². The van der Waals surface area contributed by atoms with Crippen LogP contribution in [-0.4, -0.2) is 37.6 Å². The minimum absolute atomic E-state index is 0.0160. The fourth-order valence-electron chi connectivity index (χ4n) is 3.05. The number of aryl methyl sites for hydroxylation is 1. The Labute approximate surface area is 156 Å². The largest absolute Gasteiger partial charge is 0.497 e. The van der Waals surface area contributed by atoms with Crippen molar-refractivity contribution in [1.29, 1.82) is 0 Å². The van der Waals surface area contributed by atoms with Crippen molar-refractivity contribution in [2.45, 2.75) is 19.9 Å². The molecular formula is C20H21NO6. The highest BCUT2D eigenvalue weighted by atomic mass is 16.5. The number of carbonyl (C=O) groups is 2. The van der Waals surface area contributed by atoms with Crippen LogP contribution in [0.15, 0.2) is 34.7 Å². The lowest BCUT2D eigenvalue weighted by atomic mass is 10.1. The Balaban J connectivity index is 1.89. The van der Waals surface area contributed by atoms with Gasteiger partial charge in [-0.05, 0) is 13.0 Å². The minimum atomic E-state index is -0.520. The van der Waals surface area contributed by atoms with E-state index in [2.05, 4.69) is 0 Å². The predicted octanol–water partition coefficient (Wildman–Crippen LogP) is 3.16.